The van der Waals surface area contributed by atoms with Gasteiger partial charge >= 0.3 is 0 Å². The van der Waals surface area contributed by atoms with Crippen LogP contribution in [0.5, 0.6) is 0 Å². The number of aliphatic hydroxyl groups is 1. The molecular weight excluding hydrogens is 226 g/mol. The molecule has 96 valence electrons. The molecule has 4 nitrogen and oxygen atoms in total. The molecule has 1 heterocycles. The Morgan fingerprint density at radius 3 is 2.50 bits per heavy atom. The van der Waals surface area contributed by atoms with Crippen LogP contribution in [0.3, 0.4) is 0 Å². The molecule has 0 aliphatic heterocycles. The molecule has 18 heavy (non-hydrogen) atoms. The van der Waals surface area contributed by atoms with Gasteiger partial charge in [0.1, 0.15) is 5.69 Å². The summed E-state index contributed by atoms with van der Waals surface area (Å²) in [6.45, 7) is 8.20. The molecule has 2 aromatic rings. The highest BCUT2D eigenvalue weighted by atomic mass is 16.3. The molecular formula is C14H19N3O. The fraction of sp³-hybridized carbons (Fsp3) is 0.429. The second kappa shape index (κ2) is 4.90. The molecule has 0 unspecified atom stereocenters. The van der Waals surface area contributed by atoms with Gasteiger partial charge < -0.3 is 5.11 Å². The summed E-state index contributed by atoms with van der Waals surface area (Å²) in [7, 11) is 0. The Bertz CT molecular complexity index is 558. The summed E-state index contributed by atoms with van der Waals surface area (Å²) in [5.41, 5.74) is 5.09. The topological polar surface area (TPSA) is 50.9 Å². The first-order chi connectivity index (χ1) is 8.54. The van der Waals surface area contributed by atoms with Gasteiger partial charge in [-0.3, -0.25) is 0 Å². The zero-order chi connectivity index (χ0) is 13.3. The van der Waals surface area contributed by atoms with E-state index in [-0.39, 0.29) is 12.6 Å². The Kier molecular flexibility index (Phi) is 3.48. The van der Waals surface area contributed by atoms with Crippen molar-refractivity contribution in [3.05, 3.63) is 35.0 Å². The van der Waals surface area contributed by atoms with Crippen LogP contribution in [-0.4, -0.2) is 20.1 Å². The Morgan fingerprint density at radius 2 is 1.94 bits per heavy atom. The quantitative estimate of drug-likeness (QED) is 0.904. The standard InChI is InChI=1S/C14H19N3O/c1-9(2)17-14(13(8-18)15-16-17)12-6-5-10(3)11(4)7-12/h5-7,9,18H,8H2,1-4H3. The van der Waals surface area contributed by atoms with Crippen LogP contribution in [0.15, 0.2) is 18.2 Å². The lowest BCUT2D eigenvalue weighted by Crippen LogP contribution is -2.05. The fourth-order valence-corrected chi connectivity index (χ4v) is 1.98. The first-order valence-corrected chi connectivity index (χ1v) is 6.17. The van der Waals surface area contributed by atoms with Gasteiger partial charge in [-0.1, -0.05) is 17.3 Å². The van der Waals surface area contributed by atoms with E-state index in [0.29, 0.717) is 5.69 Å². The maximum Gasteiger partial charge on any atom is 0.116 e. The normalized spacial score (nSPS) is 11.2. The van der Waals surface area contributed by atoms with Gasteiger partial charge in [-0.05, 0) is 44.9 Å². The number of nitrogens with zero attached hydrogens (tertiary/aromatic N) is 3. The minimum atomic E-state index is -0.0883. The largest absolute Gasteiger partial charge is 0.390 e. The van der Waals surface area contributed by atoms with Gasteiger partial charge in [0, 0.05) is 11.6 Å². The molecule has 0 aliphatic rings. The highest BCUT2D eigenvalue weighted by Gasteiger charge is 2.16. The lowest BCUT2D eigenvalue weighted by molar-refractivity contribution is 0.277. The molecule has 0 amide bonds. The van der Waals surface area contributed by atoms with E-state index in [2.05, 4.69) is 56.2 Å². The Hall–Kier alpha value is -1.68. The first-order valence-electron chi connectivity index (χ1n) is 6.17. The van der Waals surface area contributed by atoms with Crippen LogP contribution in [0, 0.1) is 13.8 Å². The molecule has 1 aromatic heterocycles. The molecule has 0 atom stereocenters. The Balaban J connectivity index is 2.61. The van der Waals surface area contributed by atoms with E-state index >= 15 is 0 Å². The Labute approximate surface area is 107 Å². The van der Waals surface area contributed by atoms with Crippen molar-refractivity contribution in [2.75, 3.05) is 0 Å². The van der Waals surface area contributed by atoms with Crippen molar-refractivity contribution in [3.63, 3.8) is 0 Å². The lowest BCUT2D eigenvalue weighted by atomic mass is 10.0. The molecule has 1 aromatic carbocycles. The summed E-state index contributed by atoms with van der Waals surface area (Å²) in [5, 5.41) is 17.6. The van der Waals surface area contributed by atoms with Gasteiger partial charge in [0.05, 0.1) is 12.3 Å². The molecule has 0 spiro atoms. The van der Waals surface area contributed by atoms with Gasteiger partial charge in [-0.2, -0.15) is 0 Å². The number of aromatic nitrogens is 3. The highest BCUT2D eigenvalue weighted by molar-refractivity contribution is 5.63. The molecule has 0 bridgehead atoms. The van der Waals surface area contributed by atoms with Crippen molar-refractivity contribution in [1.29, 1.82) is 0 Å². The molecule has 1 N–H and O–H groups in total. The van der Waals surface area contributed by atoms with Crippen molar-refractivity contribution in [2.24, 2.45) is 0 Å². The number of benzene rings is 1. The van der Waals surface area contributed by atoms with Gasteiger partial charge in [0.2, 0.25) is 0 Å². The fourth-order valence-electron chi connectivity index (χ4n) is 1.98. The summed E-state index contributed by atoms with van der Waals surface area (Å²) in [5.74, 6) is 0. The van der Waals surface area contributed by atoms with Crippen molar-refractivity contribution in [1.82, 2.24) is 15.0 Å². The number of hydrogen-bond acceptors (Lipinski definition) is 3. The van der Waals surface area contributed by atoms with Crippen LogP contribution in [0.4, 0.5) is 0 Å². The van der Waals surface area contributed by atoms with E-state index in [9.17, 15) is 5.11 Å². The summed E-state index contributed by atoms with van der Waals surface area (Å²) in [4.78, 5) is 0. The average molecular weight is 245 g/mol. The smallest absolute Gasteiger partial charge is 0.116 e. The monoisotopic (exact) mass is 245 g/mol. The summed E-state index contributed by atoms with van der Waals surface area (Å²) in [6, 6.07) is 6.48. The van der Waals surface area contributed by atoms with E-state index in [0.717, 1.165) is 11.3 Å². The van der Waals surface area contributed by atoms with E-state index < -0.39 is 0 Å². The van der Waals surface area contributed by atoms with Gasteiger partial charge in [0.15, 0.2) is 0 Å². The van der Waals surface area contributed by atoms with Crippen LogP contribution in [0.2, 0.25) is 0 Å². The maximum atomic E-state index is 9.38. The second-order valence-electron chi connectivity index (χ2n) is 4.88. The predicted octanol–water partition coefficient (Wildman–Crippen LogP) is 2.64. The van der Waals surface area contributed by atoms with E-state index in [1.165, 1.54) is 11.1 Å². The van der Waals surface area contributed by atoms with Crippen LogP contribution >= 0.6 is 0 Å². The Morgan fingerprint density at radius 1 is 1.22 bits per heavy atom. The number of aliphatic hydroxyl groups excluding tert-OH is 1. The average Bonchev–Trinajstić information content (AvgIpc) is 2.76. The molecule has 0 saturated carbocycles. The molecule has 4 heteroatoms. The number of rotatable bonds is 3. The minimum Gasteiger partial charge on any atom is -0.390 e. The highest BCUT2D eigenvalue weighted by Crippen LogP contribution is 2.26. The zero-order valence-corrected chi connectivity index (χ0v) is 11.3. The van der Waals surface area contributed by atoms with Gasteiger partial charge in [-0.25, -0.2) is 4.68 Å². The van der Waals surface area contributed by atoms with Crippen molar-refractivity contribution in [3.8, 4) is 11.3 Å². The lowest BCUT2D eigenvalue weighted by Gasteiger charge is -2.12. The van der Waals surface area contributed by atoms with E-state index in [4.69, 9.17) is 0 Å². The van der Waals surface area contributed by atoms with E-state index in [1.807, 2.05) is 4.68 Å². The van der Waals surface area contributed by atoms with Crippen LogP contribution in [0.25, 0.3) is 11.3 Å². The summed E-state index contributed by atoms with van der Waals surface area (Å²) >= 11 is 0. The van der Waals surface area contributed by atoms with Crippen LogP contribution in [0.1, 0.15) is 36.7 Å². The summed E-state index contributed by atoms with van der Waals surface area (Å²) < 4.78 is 1.86. The van der Waals surface area contributed by atoms with Crippen molar-refractivity contribution >= 4 is 0 Å². The third kappa shape index (κ3) is 2.16. The number of hydrogen-bond donors (Lipinski definition) is 1. The van der Waals surface area contributed by atoms with Crippen LogP contribution in [-0.2, 0) is 6.61 Å². The molecule has 0 radical (unpaired) electrons. The molecule has 0 saturated heterocycles. The third-order valence-corrected chi connectivity index (χ3v) is 3.18. The van der Waals surface area contributed by atoms with E-state index in [1.54, 1.807) is 0 Å². The first kappa shape index (κ1) is 12.8. The van der Waals surface area contributed by atoms with Crippen LogP contribution < -0.4 is 0 Å². The van der Waals surface area contributed by atoms with Crippen molar-refractivity contribution < 1.29 is 5.11 Å². The molecule has 0 fully saturated rings. The SMILES string of the molecule is Cc1ccc(-c2c(CO)nnn2C(C)C)cc1C. The second-order valence-corrected chi connectivity index (χ2v) is 4.88. The van der Waals surface area contributed by atoms with Gasteiger partial charge in [-0.15, -0.1) is 5.10 Å². The minimum absolute atomic E-state index is 0.0883. The van der Waals surface area contributed by atoms with Crippen molar-refractivity contribution in [2.45, 2.75) is 40.3 Å². The molecule has 0 aliphatic carbocycles. The predicted molar refractivity (Wildman–Crippen MR) is 71.2 cm³/mol. The zero-order valence-electron chi connectivity index (χ0n) is 11.3. The molecule has 2 rings (SSSR count). The maximum absolute atomic E-state index is 9.38. The summed E-state index contributed by atoms with van der Waals surface area (Å²) in [6.07, 6.45) is 0. The number of aryl methyl sites for hydroxylation is 2. The third-order valence-electron chi connectivity index (χ3n) is 3.18. The van der Waals surface area contributed by atoms with Gasteiger partial charge in [0.25, 0.3) is 0 Å².